The molecule has 1 nitrogen and oxygen atoms in total. The van der Waals surface area contributed by atoms with E-state index < -0.39 is 0 Å². The molecule has 0 N–H and O–H groups in total. The minimum atomic E-state index is 0.168. The van der Waals surface area contributed by atoms with E-state index in [2.05, 4.69) is 46.6 Å². The second-order valence-electron chi connectivity index (χ2n) is 2.70. The number of thiazole rings is 1. The van der Waals surface area contributed by atoms with Crippen molar-refractivity contribution in [3.63, 3.8) is 0 Å². The Labute approximate surface area is 115 Å². The molecule has 76 valence electrons. The average molecular weight is 448 g/mol. The predicted octanol–water partition coefficient (Wildman–Crippen LogP) is 0.576. The van der Waals surface area contributed by atoms with Crippen molar-refractivity contribution in [3.8, 4) is 0 Å². The molecule has 5 heteroatoms. The van der Waals surface area contributed by atoms with Crippen LogP contribution in [0.5, 0.6) is 0 Å². The van der Waals surface area contributed by atoms with E-state index in [1.165, 1.54) is 14.2 Å². The molecular weight excluding hydrogens is 440 g/mol. The van der Waals surface area contributed by atoms with Gasteiger partial charge in [0.2, 0.25) is 0 Å². The van der Waals surface area contributed by atoms with E-state index in [0.717, 1.165) is 3.01 Å². The Balaban J connectivity index is 1.94. The molecule has 14 heavy (non-hydrogen) atoms. The van der Waals surface area contributed by atoms with Crippen LogP contribution < -0.4 is 21.2 Å². The van der Waals surface area contributed by atoms with E-state index in [1.807, 2.05) is 28.9 Å². The van der Waals surface area contributed by atoms with E-state index in [1.54, 1.807) is 2.88 Å². The number of aromatic nitrogens is 1. The fourth-order valence-corrected chi connectivity index (χ4v) is 7.15. The molecule has 0 aliphatic carbocycles. The summed E-state index contributed by atoms with van der Waals surface area (Å²) in [5.74, 6) is 0. The predicted molar refractivity (Wildman–Crippen MR) is 66.3 cm³/mol. The molecule has 0 amide bonds. The molecule has 0 spiro atoms. The van der Waals surface area contributed by atoms with E-state index in [-0.39, 0.29) is 21.2 Å². The van der Waals surface area contributed by atoms with Gasteiger partial charge in [0, 0.05) is 0 Å². The van der Waals surface area contributed by atoms with Gasteiger partial charge in [0.05, 0.1) is 0 Å². The first kappa shape index (κ1) is 11.3. The number of hydrogen-bond donors (Lipinski definition) is 0. The van der Waals surface area contributed by atoms with Crippen molar-refractivity contribution in [1.29, 1.82) is 0 Å². The molecule has 0 bridgehead atoms. The van der Waals surface area contributed by atoms with Gasteiger partial charge in [0.15, 0.2) is 0 Å². The summed E-state index contributed by atoms with van der Waals surface area (Å²) in [4.78, 5) is 7.13. The average Bonchev–Trinajstić information content (AvgIpc) is 2.72. The van der Waals surface area contributed by atoms with Crippen LogP contribution in [0, 0.1) is 12.8 Å². The Bertz CT molecular complexity index is 382. The summed E-state index contributed by atoms with van der Waals surface area (Å²) >= 11 is 6.22. The molecule has 0 atom stereocenters. The van der Waals surface area contributed by atoms with Gasteiger partial charge in [-0.2, -0.15) is 0 Å². The summed E-state index contributed by atoms with van der Waals surface area (Å²) in [6.45, 7) is 2.17. The van der Waals surface area contributed by atoms with Crippen molar-refractivity contribution in [3.05, 3.63) is 34.0 Å². The van der Waals surface area contributed by atoms with Crippen LogP contribution in [-0.4, -0.2) is 4.98 Å². The SMILES string of the molecule is Cc1ccc([I-]Cc2cnc(I)s2)s1. The maximum atomic E-state index is 4.26. The molecule has 2 aromatic heterocycles. The van der Waals surface area contributed by atoms with E-state index in [4.69, 9.17) is 0 Å². The molecule has 0 aliphatic rings. The van der Waals surface area contributed by atoms with Gasteiger partial charge in [-0.1, -0.05) is 0 Å². The number of nitrogens with zero attached hydrogens (tertiary/aromatic N) is 1. The summed E-state index contributed by atoms with van der Waals surface area (Å²) < 4.78 is 3.98. The van der Waals surface area contributed by atoms with E-state index >= 15 is 0 Å². The zero-order valence-corrected chi connectivity index (χ0v) is 13.4. The quantitative estimate of drug-likeness (QED) is 0.495. The van der Waals surface area contributed by atoms with Gasteiger partial charge < -0.3 is 0 Å². The molecule has 0 saturated carbocycles. The van der Waals surface area contributed by atoms with Gasteiger partial charge in [-0.15, -0.1) is 0 Å². The van der Waals surface area contributed by atoms with Crippen molar-refractivity contribution < 1.29 is 21.2 Å². The molecule has 2 aromatic rings. The standard InChI is InChI=1S/C9H8I2NS2/c1-6-2-3-8(13-6)11-4-7-5-12-9(10)14-7/h2-3,5H,4H2,1H3/q-1. The Kier molecular flexibility index (Phi) is 4.21. The molecule has 2 rings (SSSR count). The molecular formula is C9H8I2NS2-. The second-order valence-corrected chi connectivity index (χ2v) is 10.3. The topological polar surface area (TPSA) is 12.9 Å². The number of rotatable bonds is 3. The minimum absolute atomic E-state index is 0.168. The summed E-state index contributed by atoms with van der Waals surface area (Å²) in [5.41, 5.74) is 0. The molecule has 0 fully saturated rings. The first-order chi connectivity index (χ1) is 6.74. The number of aryl methyl sites for hydroxylation is 1. The number of alkyl halides is 1. The number of halogens is 2. The third-order valence-corrected chi connectivity index (χ3v) is 8.30. The van der Waals surface area contributed by atoms with Gasteiger partial charge in [-0.25, -0.2) is 0 Å². The van der Waals surface area contributed by atoms with Crippen LogP contribution in [0.1, 0.15) is 9.75 Å². The number of thiophene rings is 1. The Hall–Kier alpha value is 0.790. The van der Waals surface area contributed by atoms with Crippen LogP contribution in [0.4, 0.5) is 0 Å². The van der Waals surface area contributed by atoms with E-state index in [9.17, 15) is 0 Å². The van der Waals surface area contributed by atoms with Gasteiger partial charge in [-0.3, -0.25) is 0 Å². The monoisotopic (exact) mass is 448 g/mol. The Morgan fingerprint density at radius 3 is 2.86 bits per heavy atom. The van der Waals surface area contributed by atoms with Crippen molar-refractivity contribution in [2.75, 3.05) is 0 Å². The fraction of sp³-hybridized carbons (Fsp3) is 0.222. The summed E-state index contributed by atoms with van der Waals surface area (Å²) in [7, 11) is 0. The van der Waals surface area contributed by atoms with Crippen LogP contribution in [-0.2, 0) is 4.43 Å². The third kappa shape index (κ3) is 3.14. The molecule has 0 aliphatic heterocycles. The molecule has 0 aromatic carbocycles. The zero-order valence-electron chi connectivity index (χ0n) is 7.46. The first-order valence-corrected chi connectivity index (χ1v) is 9.31. The van der Waals surface area contributed by atoms with Gasteiger partial charge >= 0.3 is 117 Å². The van der Waals surface area contributed by atoms with E-state index in [0.29, 0.717) is 0 Å². The van der Waals surface area contributed by atoms with Crippen molar-refractivity contribution in [1.82, 2.24) is 4.98 Å². The van der Waals surface area contributed by atoms with Crippen LogP contribution in [0.2, 0.25) is 0 Å². The van der Waals surface area contributed by atoms with Gasteiger partial charge in [-0.05, 0) is 0 Å². The summed E-state index contributed by atoms with van der Waals surface area (Å²) in [6, 6.07) is 4.50. The second kappa shape index (κ2) is 5.22. The normalized spacial score (nSPS) is 11.0. The summed E-state index contributed by atoms with van der Waals surface area (Å²) in [6.07, 6.45) is 2.02. The third-order valence-electron chi connectivity index (χ3n) is 1.56. The van der Waals surface area contributed by atoms with Crippen molar-refractivity contribution in [2.24, 2.45) is 0 Å². The maximum absolute atomic E-state index is 4.26. The number of hydrogen-bond acceptors (Lipinski definition) is 3. The molecule has 0 saturated heterocycles. The van der Waals surface area contributed by atoms with Crippen molar-refractivity contribution in [2.45, 2.75) is 11.4 Å². The van der Waals surface area contributed by atoms with Crippen LogP contribution in [0.3, 0.4) is 0 Å². The Morgan fingerprint density at radius 1 is 1.43 bits per heavy atom. The van der Waals surface area contributed by atoms with Crippen LogP contribution in [0.25, 0.3) is 0 Å². The van der Waals surface area contributed by atoms with Gasteiger partial charge in [0.1, 0.15) is 0 Å². The van der Waals surface area contributed by atoms with Crippen LogP contribution in [0.15, 0.2) is 18.3 Å². The Morgan fingerprint density at radius 2 is 2.29 bits per heavy atom. The first-order valence-electron chi connectivity index (χ1n) is 4.00. The fourth-order valence-electron chi connectivity index (χ4n) is 0.954. The molecule has 0 unspecified atom stereocenters. The molecule has 0 radical (unpaired) electrons. The zero-order chi connectivity index (χ0) is 9.97. The van der Waals surface area contributed by atoms with Crippen molar-refractivity contribution >= 4 is 45.3 Å². The van der Waals surface area contributed by atoms with Crippen LogP contribution >= 0.6 is 45.3 Å². The summed E-state index contributed by atoms with van der Waals surface area (Å²) in [5, 5.41) is 0. The molecule has 2 heterocycles. The van der Waals surface area contributed by atoms with Gasteiger partial charge in [0.25, 0.3) is 0 Å².